The van der Waals surface area contributed by atoms with Crippen LogP contribution in [0.15, 0.2) is 35.3 Å². The van der Waals surface area contributed by atoms with E-state index in [2.05, 4.69) is 36.0 Å². The van der Waals surface area contributed by atoms with Crippen molar-refractivity contribution in [1.82, 2.24) is 24.7 Å². The van der Waals surface area contributed by atoms with E-state index in [0.29, 0.717) is 12.4 Å². The minimum Gasteiger partial charge on any atom is -0.324 e. The molecule has 0 saturated carbocycles. The zero-order valence-corrected chi connectivity index (χ0v) is 10.9. The van der Waals surface area contributed by atoms with Crippen LogP contribution in [0, 0.1) is 0 Å². The lowest BCUT2D eigenvalue weighted by Gasteiger charge is -2.04. The monoisotopic (exact) mass is 304 g/mol. The average Bonchev–Trinajstić information content (AvgIpc) is 2.86. The Morgan fingerprint density at radius 1 is 1.28 bits per heavy atom. The summed E-state index contributed by atoms with van der Waals surface area (Å²) in [7, 11) is 0. The molecule has 0 atom stereocenters. The Bertz CT molecular complexity index is 708. The molecule has 0 aliphatic carbocycles. The van der Waals surface area contributed by atoms with Gasteiger partial charge >= 0.3 is 0 Å². The standard InChI is InChI=1S/C11H9BrN6/c12-7-3-8-11(15-5-7)9(1-2-14-8)18-6-16-10(4-13)17-18/h1-3,5-6H,4,13H2. The number of fused-ring (bicyclic) bond motifs is 1. The van der Waals surface area contributed by atoms with Gasteiger partial charge in [0.25, 0.3) is 0 Å². The highest BCUT2D eigenvalue weighted by molar-refractivity contribution is 9.10. The van der Waals surface area contributed by atoms with E-state index in [9.17, 15) is 0 Å². The minimum absolute atomic E-state index is 0.314. The van der Waals surface area contributed by atoms with Gasteiger partial charge in [0.1, 0.15) is 11.8 Å². The fraction of sp³-hybridized carbons (Fsp3) is 0.0909. The molecule has 3 heterocycles. The number of pyridine rings is 2. The smallest absolute Gasteiger partial charge is 0.164 e. The Morgan fingerprint density at radius 3 is 2.94 bits per heavy atom. The second kappa shape index (κ2) is 4.43. The van der Waals surface area contributed by atoms with E-state index in [1.54, 1.807) is 23.4 Å². The quantitative estimate of drug-likeness (QED) is 0.774. The van der Waals surface area contributed by atoms with Crippen LogP contribution in [-0.4, -0.2) is 24.7 Å². The molecule has 0 bridgehead atoms. The lowest BCUT2D eigenvalue weighted by atomic mass is 10.3. The molecule has 0 saturated heterocycles. The van der Waals surface area contributed by atoms with Gasteiger partial charge in [-0.05, 0) is 28.1 Å². The van der Waals surface area contributed by atoms with E-state index in [0.717, 1.165) is 21.2 Å². The highest BCUT2D eigenvalue weighted by Crippen LogP contribution is 2.20. The number of halogens is 1. The SMILES string of the molecule is NCc1ncn(-c2ccnc3cc(Br)cnc23)n1. The van der Waals surface area contributed by atoms with E-state index in [1.165, 1.54) is 0 Å². The maximum Gasteiger partial charge on any atom is 0.164 e. The molecule has 0 aromatic carbocycles. The molecule has 3 aromatic heterocycles. The topological polar surface area (TPSA) is 82.5 Å². The lowest BCUT2D eigenvalue weighted by molar-refractivity contribution is 0.832. The average molecular weight is 305 g/mol. The fourth-order valence-electron chi connectivity index (χ4n) is 1.68. The molecule has 6 nitrogen and oxygen atoms in total. The summed E-state index contributed by atoms with van der Waals surface area (Å²) in [5, 5.41) is 4.27. The van der Waals surface area contributed by atoms with Crippen molar-refractivity contribution in [2.75, 3.05) is 0 Å². The van der Waals surface area contributed by atoms with E-state index in [4.69, 9.17) is 5.73 Å². The van der Waals surface area contributed by atoms with Gasteiger partial charge in [0, 0.05) is 16.9 Å². The van der Waals surface area contributed by atoms with E-state index >= 15 is 0 Å². The molecule has 3 aromatic rings. The number of hydrogen-bond donors (Lipinski definition) is 1. The molecule has 0 aliphatic rings. The summed E-state index contributed by atoms with van der Waals surface area (Å²) in [6, 6.07) is 3.75. The molecule has 0 unspecified atom stereocenters. The third-order valence-electron chi connectivity index (χ3n) is 2.49. The van der Waals surface area contributed by atoms with E-state index < -0.39 is 0 Å². The molecular weight excluding hydrogens is 296 g/mol. The van der Waals surface area contributed by atoms with Crippen LogP contribution >= 0.6 is 15.9 Å². The van der Waals surface area contributed by atoms with Gasteiger partial charge in [-0.2, -0.15) is 0 Å². The summed E-state index contributed by atoms with van der Waals surface area (Å²) in [5.74, 6) is 0.595. The lowest BCUT2D eigenvalue weighted by Crippen LogP contribution is -2.02. The second-order valence-electron chi connectivity index (χ2n) is 3.66. The van der Waals surface area contributed by atoms with Crippen molar-refractivity contribution in [2.45, 2.75) is 6.54 Å². The van der Waals surface area contributed by atoms with Crippen molar-refractivity contribution in [1.29, 1.82) is 0 Å². The van der Waals surface area contributed by atoms with Crippen LogP contribution in [0.4, 0.5) is 0 Å². The largest absolute Gasteiger partial charge is 0.324 e. The molecule has 0 amide bonds. The van der Waals surface area contributed by atoms with E-state index in [1.807, 2.05) is 12.1 Å². The number of hydrogen-bond acceptors (Lipinski definition) is 5. The third kappa shape index (κ3) is 1.87. The molecule has 3 rings (SSSR count). The van der Waals surface area contributed by atoms with Crippen LogP contribution in [0.25, 0.3) is 16.7 Å². The number of aromatic nitrogens is 5. The predicted molar refractivity (Wildman–Crippen MR) is 70.0 cm³/mol. The van der Waals surface area contributed by atoms with Crippen molar-refractivity contribution in [2.24, 2.45) is 5.73 Å². The molecular formula is C11H9BrN6. The Labute approximate surface area is 111 Å². The van der Waals surface area contributed by atoms with Gasteiger partial charge in [0.2, 0.25) is 0 Å². The molecule has 0 radical (unpaired) electrons. The van der Waals surface area contributed by atoms with Gasteiger partial charge in [0.15, 0.2) is 5.82 Å². The van der Waals surface area contributed by atoms with Gasteiger partial charge in [0.05, 0.1) is 17.7 Å². The van der Waals surface area contributed by atoms with Crippen LogP contribution in [0.5, 0.6) is 0 Å². The molecule has 18 heavy (non-hydrogen) atoms. The van der Waals surface area contributed by atoms with Crippen molar-refractivity contribution >= 4 is 27.0 Å². The normalized spacial score (nSPS) is 11.0. The first-order chi connectivity index (χ1) is 8.78. The van der Waals surface area contributed by atoms with Crippen LogP contribution < -0.4 is 5.73 Å². The molecule has 0 spiro atoms. The maximum atomic E-state index is 5.50. The number of nitrogens with zero attached hydrogens (tertiary/aromatic N) is 5. The van der Waals surface area contributed by atoms with Crippen molar-refractivity contribution in [3.63, 3.8) is 0 Å². The summed E-state index contributed by atoms with van der Waals surface area (Å²) in [6.07, 6.45) is 5.07. The maximum absolute atomic E-state index is 5.50. The van der Waals surface area contributed by atoms with Gasteiger partial charge in [-0.15, -0.1) is 5.10 Å². The second-order valence-corrected chi connectivity index (χ2v) is 4.58. The molecule has 2 N–H and O–H groups in total. The Balaban J connectivity index is 2.22. The van der Waals surface area contributed by atoms with Crippen molar-refractivity contribution < 1.29 is 0 Å². The Hall–Kier alpha value is -1.86. The Kier molecular flexibility index (Phi) is 2.77. The molecule has 90 valence electrons. The number of rotatable bonds is 2. The third-order valence-corrected chi connectivity index (χ3v) is 2.93. The minimum atomic E-state index is 0.314. The molecule has 7 heteroatoms. The summed E-state index contributed by atoms with van der Waals surface area (Å²) >= 11 is 3.37. The van der Waals surface area contributed by atoms with Gasteiger partial charge in [-0.1, -0.05) is 0 Å². The van der Waals surface area contributed by atoms with Crippen LogP contribution in [0.3, 0.4) is 0 Å². The zero-order valence-electron chi connectivity index (χ0n) is 9.29. The number of nitrogens with two attached hydrogens (primary N) is 1. The first-order valence-electron chi connectivity index (χ1n) is 5.29. The van der Waals surface area contributed by atoms with Gasteiger partial charge < -0.3 is 5.73 Å². The van der Waals surface area contributed by atoms with E-state index in [-0.39, 0.29) is 0 Å². The highest BCUT2D eigenvalue weighted by Gasteiger charge is 2.08. The summed E-state index contributed by atoms with van der Waals surface area (Å²) in [5.41, 5.74) is 7.90. The van der Waals surface area contributed by atoms with Gasteiger partial charge in [-0.3, -0.25) is 9.97 Å². The van der Waals surface area contributed by atoms with Crippen LogP contribution in [0.1, 0.15) is 5.82 Å². The summed E-state index contributed by atoms with van der Waals surface area (Å²) in [4.78, 5) is 12.7. The predicted octanol–water partition coefficient (Wildman–Crippen LogP) is 1.43. The Morgan fingerprint density at radius 2 is 2.17 bits per heavy atom. The highest BCUT2D eigenvalue weighted by atomic mass is 79.9. The summed E-state index contributed by atoms with van der Waals surface area (Å²) < 4.78 is 2.55. The summed E-state index contributed by atoms with van der Waals surface area (Å²) in [6.45, 7) is 0.314. The van der Waals surface area contributed by atoms with Crippen molar-refractivity contribution in [3.05, 3.63) is 41.2 Å². The first-order valence-corrected chi connectivity index (χ1v) is 6.08. The zero-order chi connectivity index (χ0) is 12.5. The molecule has 0 aliphatic heterocycles. The van der Waals surface area contributed by atoms with Gasteiger partial charge in [-0.25, -0.2) is 9.67 Å². The first kappa shape index (κ1) is 11.2. The van der Waals surface area contributed by atoms with Crippen LogP contribution in [0.2, 0.25) is 0 Å². The van der Waals surface area contributed by atoms with Crippen LogP contribution in [-0.2, 0) is 6.54 Å². The van der Waals surface area contributed by atoms with Crippen molar-refractivity contribution in [3.8, 4) is 5.69 Å². The fourth-order valence-corrected chi connectivity index (χ4v) is 2.00. The molecule has 0 fully saturated rings.